The van der Waals surface area contributed by atoms with Crippen molar-refractivity contribution in [2.75, 3.05) is 12.4 Å². The van der Waals surface area contributed by atoms with Crippen molar-refractivity contribution in [2.45, 2.75) is 13.1 Å². The van der Waals surface area contributed by atoms with E-state index in [-0.39, 0.29) is 0 Å². The third-order valence-corrected chi connectivity index (χ3v) is 2.19. The van der Waals surface area contributed by atoms with Crippen molar-refractivity contribution in [2.24, 2.45) is 0 Å². The number of anilines is 1. The second-order valence-electron chi connectivity index (χ2n) is 3.21. The van der Waals surface area contributed by atoms with Crippen LogP contribution in [-0.4, -0.2) is 7.05 Å². The van der Waals surface area contributed by atoms with Gasteiger partial charge in [-0.15, -0.1) is 0 Å². The molecule has 1 aromatic rings. The molecule has 1 nitrogen and oxygen atoms in total. The van der Waals surface area contributed by atoms with E-state index in [9.17, 15) is 13.2 Å². The molecule has 1 N–H and O–H groups in total. The number of nitrogens with one attached hydrogen (secondary N) is 1. The van der Waals surface area contributed by atoms with Gasteiger partial charge in [-0.1, -0.05) is 12.7 Å². The Morgan fingerprint density at radius 3 is 2.33 bits per heavy atom. The van der Waals surface area contributed by atoms with Crippen LogP contribution < -0.4 is 5.32 Å². The van der Waals surface area contributed by atoms with Crippen molar-refractivity contribution in [3.8, 4) is 0 Å². The molecule has 0 saturated carbocycles. The lowest BCUT2D eigenvalue weighted by Crippen LogP contribution is -2.07. The molecule has 0 unspecified atom stereocenters. The summed E-state index contributed by atoms with van der Waals surface area (Å²) in [4.78, 5) is 0. The highest BCUT2D eigenvalue weighted by atomic mass is 19.4. The lowest BCUT2D eigenvalue weighted by Gasteiger charge is -2.13. The molecule has 0 bridgehead atoms. The fourth-order valence-corrected chi connectivity index (χ4v) is 1.44. The molecule has 0 atom stereocenters. The summed E-state index contributed by atoms with van der Waals surface area (Å²) in [5.74, 6) is 0. The van der Waals surface area contributed by atoms with Gasteiger partial charge in [-0.3, -0.25) is 0 Å². The molecule has 4 heteroatoms. The number of rotatable bonds is 2. The van der Waals surface area contributed by atoms with Crippen LogP contribution in [0.1, 0.15) is 16.7 Å². The molecule has 0 amide bonds. The van der Waals surface area contributed by atoms with E-state index in [4.69, 9.17) is 0 Å². The van der Waals surface area contributed by atoms with Gasteiger partial charge in [-0.05, 0) is 30.2 Å². The summed E-state index contributed by atoms with van der Waals surface area (Å²) in [6.45, 7) is 5.20. The molecule has 0 aromatic heterocycles. The molecule has 82 valence electrons. The summed E-state index contributed by atoms with van der Waals surface area (Å²) in [7, 11) is 1.59. The first-order chi connectivity index (χ1) is 6.90. The molecular formula is C11H12F3N. The second kappa shape index (κ2) is 3.96. The van der Waals surface area contributed by atoms with Crippen LogP contribution in [0.2, 0.25) is 0 Å². The van der Waals surface area contributed by atoms with Crippen LogP contribution in [0.3, 0.4) is 0 Å². The van der Waals surface area contributed by atoms with Crippen LogP contribution in [0.4, 0.5) is 18.9 Å². The van der Waals surface area contributed by atoms with Gasteiger partial charge in [0.1, 0.15) is 0 Å². The minimum Gasteiger partial charge on any atom is -0.388 e. The molecule has 0 saturated heterocycles. The van der Waals surface area contributed by atoms with Gasteiger partial charge in [-0.2, -0.15) is 13.2 Å². The van der Waals surface area contributed by atoms with Crippen LogP contribution in [0, 0.1) is 6.92 Å². The molecule has 0 fully saturated rings. The van der Waals surface area contributed by atoms with Crippen molar-refractivity contribution >= 4 is 11.8 Å². The quantitative estimate of drug-likeness (QED) is 0.793. The summed E-state index contributed by atoms with van der Waals surface area (Å²) >= 11 is 0. The van der Waals surface area contributed by atoms with Crippen LogP contribution in [-0.2, 0) is 6.18 Å². The normalized spacial score (nSPS) is 11.3. The zero-order chi connectivity index (χ0) is 11.6. The first-order valence-corrected chi connectivity index (χ1v) is 4.42. The Bertz CT molecular complexity index is 380. The average molecular weight is 215 g/mol. The topological polar surface area (TPSA) is 12.0 Å². The monoisotopic (exact) mass is 215 g/mol. The maximum atomic E-state index is 12.5. The molecule has 0 spiro atoms. The zero-order valence-electron chi connectivity index (χ0n) is 8.57. The molecule has 0 aliphatic rings. The van der Waals surface area contributed by atoms with E-state index in [1.807, 2.05) is 0 Å². The molecular weight excluding hydrogens is 203 g/mol. The maximum absolute atomic E-state index is 12.5. The van der Waals surface area contributed by atoms with Gasteiger partial charge in [0.05, 0.1) is 5.56 Å². The summed E-state index contributed by atoms with van der Waals surface area (Å²) in [5, 5.41) is 2.73. The van der Waals surface area contributed by atoms with E-state index in [0.717, 1.165) is 12.1 Å². The van der Waals surface area contributed by atoms with Crippen molar-refractivity contribution in [1.82, 2.24) is 0 Å². The predicted molar refractivity (Wildman–Crippen MR) is 55.8 cm³/mol. The predicted octanol–water partition coefficient (Wildman–Crippen LogP) is 3.70. The molecule has 0 aliphatic carbocycles. The van der Waals surface area contributed by atoms with Gasteiger partial charge in [-0.25, -0.2) is 0 Å². The van der Waals surface area contributed by atoms with Crippen molar-refractivity contribution in [3.05, 3.63) is 35.4 Å². The van der Waals surface area contributed by atoms with Gasteiger partial charge in [0, 0.05) is 12.7 Å². The standard InChI is InChI=1S/C11H12F3N/c1-4-9-7(2)5-8(11(12,13)14)6-10(9)15-3/h4-6,15H,1H2,2-3H3. The third-order valence-electron chi connectivity index (χ3n) is 2.19. The zero-order valence-corrected chi connectivity index (χ0v) is 8.57. The Morgan fingerprint density at radius 1 is 1.33 bits per heavy atom. The number of alkyl halides is 3. The van der Waals surface area contributed by atoms with Gasteiger partial charge in [0.15, 0.2) is 0 Å². The summed E-state index contributed by atoms with van der Waals surface area (Å²) in [6, 6.07) is 2.21. The summed E-state index contributed by atoms with van der Waals surface area (Å²) in [6.07, 6.45) is -2.77. The molecule has 15 heavy (non-hydrogen) atoms. The molecule has 0 aliphatic heterocycles. The van der Waals surface area contributed by atoms with Gasteiger partial charge in [0.25, 0.3) is 0 Å². The minimum absolute atomic E-state index is 0.442. The molecule has 0 heterocycles. The minimum atomic E-state index is -4.31. The van der Waals surface area contributed by atoms with Crippen LogP contribution in [0.15, 0.2) is 18.7 Å². The largest absolute Gasteiger partial charge is 0.416 e. The summed E-state index contributed by atoms with van der Waals surface area (Å²) < 4.78 is 37.4. The first-order valence-electron chi connectivity index (χ1n) is 4.42. The van der Waals surface area contributed by atoms with Crippen molar-refractivity contribution in [1.29, 1.82) is 0 Å². The molecule has 1 rings (SSSR count). The molecule has 1 aromatic carbocycles. The van der Waals surface area contributed by atoms with Gasteiger partial charge >= 0.3 is 6.18 Å². The highest BCUT2D eigenvalue weighted by Gasteiger charge is 2.31. The number of aryl methyl sites for hydroxylation is 1. The number of hydrogen-bond acceptors (Lipinski definition) is 1. The van der Waals surface area contributed by atoms with E-state index >= 15 is 0 Å². The SMILES string of the molecule is C=Cc1c(C)cc(C(F)(F)F)cc1NC. The fourth-order valence-electron chi connectivity index (χ4n) is 1.44. The second-order valence-corrected chi connectivity index (χ2v) is 3.21. The van der Waals surface area contributed by atoms with Gasteiger partial charge < -0.3 is 5.32 Å². The Morgan fingerprint density at radius 2 is 1.93 bits per heavy atom. The molecule has 0 radical (unpaired) electrons. The Labute approximate surface area is 86.6 Å². The van der Waals surface area contributed by atoms with Crippen molar-refractivity contribution < 1.29 is 13.2 Å². The number of halogens is 3. The van der Waals surface area contributed by atoms with Gasteiger partial charge in [0.2, 0.25) is 0 Å². The van der Waals surface area contributed by atoms with Crippen LogP contribution in [0.5, 0.6) is 0 Å². The lowest BCUT2D eigenvalue weighted by molar-refractivity contribution is -0.137. The Hall–Kier alpha value is -1.45. The maximum Gasteiger partial charge on any atom is 0.416 e. The lowest BCUT2D eigenvalue weighted by atomic mass is 10.0. The Balaban J connectivity index is 3.38. The smallest absolute Gasteiger partial charge is 0.388 e. The van der Waals surface area contributed by atoms with E-state index in [0.29, 0.717) is 16.8 Å². The fraction of sp³-hybridized carbons (Fsp3) is 0.273. The highest BCUT2D eigenvalue weighted by Crippen LogP contribution is 2.34. The van der Waals surface area contributed by atoms with Crippen molar-refractivity contribution in [3.63, 3.8) is 0 Å². The third kappa shape index (κ3) is 2.32. The van der Waals surface area contributed by atoms with E-state index < -0.39 is 11.7 Å². The van der Waals surface area contributed by atoms with E-state index in [2.05, 4.69) is 11.9 Å². The summed E-state index contributed by atoms with van der Waals surface area (Å²) in [5.41, 5.74) is 1.06. The average Bonchev–Trinajstić information content (AvgIpc) is 2.15. The highest BCUT2D eigenvalue weighted by molar-refractivity contribution is 5.69. The Kier molecular flexibility index (Phi) is 3.07. The number of hydrogen-bond donors (Lipinski definition) is 1. The van der Waals surface area contributed by atoms with E-state index in [1.54, 1.807) is 20.0 Å². The van der Waals surface area contributed by atoms with Crippen LogP contribution in [0.25, 0.3) is 6.08 Å². The van der Waals surface area contributed by atoms with Crippen LogP contribution >= 0.6 is 0 Å². The number of benzene rings is 1. The van der Waals surface area contributed by atoms with E-state index in [1.165, 1.54) is 0 Å². The first kappa shape index (κ1) is 11.6.